The first kappa shape index (κ1) is 15.2. The summed E-state index contributed by atoms with van der Waals surface area (Å²) >= 11 is 0. The first-order valence-corrected chi connectivity index (χ1v) is 8.20. The van der Waals surface area contributed by atoms with Crippen molar-refractivity contribution in [3.8, 4) is 0 Å². The van der Waals surface area contributed by atoms with E-state index in [4.69, 9.17) is 0 Å². The number of nitrogens with one attached hydrogen (secondary N) is 2. The molecule has 22 heavy (non-hydrogen) atoms. The van der Waals surface area contributed by atoms with Gasteiger partial charge >= 0.3 is 0 Å². The molecule has 0 aromatic carbocycles. The molecule has 0 spiro atoms. The standard InChI is InChI=1S/C9H15N3.C7H11N3/c1-3-8-6-11-9-7(2)10-4-5-12(8)9;1-6-4-9-7-5-8-2-3-10(6)7/h6-7,10H,3-5H2,1-2H3;4,8H,2-3,5H2,1H3. The van der Waals surface area contributed by atoms with E-state index in [0.717, 1.165) is 39.1 Å². The predicted molar refractivity (Wildman–Crippen MR) is 86.7 cm³/mol. The number of rotatable bonds is 1. The zero-order chi connectivity index (χ0) is 15.5. The van der Waals surface area contributed by atoms with Crippen molar-refractivity contribution >= 4 is 0 Å². The molecule has 4 heterocycles. The molecule has 0 saturated heterocycles. The van der Waals surface area contributed by atoms with E-state index in [0.29, 0.717) is 6.04 Å². The number of nitrogens with zero attached hydrogens (tertiary/aromatic N) is 4. The van der Waals surface area contributed by atoms with E-state index in [1.165, 1.54) is 23.0 Å². The third kappa shape index (κ3) is 2.94. The Hall–Kier alpha value is -1.66. The Morgan fingerprint density at radius 1 is 1.18 bits per heavy atom. The van der Waals surface area contributed by atoms with Gasteiger partial charge in [-0.3, -0.25) is 0 Å². The highest BCUT2D eigenvalue weighted by Crippen LogP contribution is 2.17. The third-order valence-corrected chi connectivity index (χ3v) is 4.44. The highest BCUT2D eigenvalue weighted by Gasteiger charge is 2.18. The summed E-state index contributed by atoms with van der Waals surface area (Å²) in [5.74, 6) is 2.36. The maximum atomic E-state index is 4.41. The van der Waals surface area contributed by atoms with Gasteiger partial charge in [0.1, 0.15) is 11.6 Å². The topological polar surface area (TPSA) is 59.7 Å². The molecule has 0 fully saturated rings. The lowest BCUT2D eigenvalue weighted by atomic mass is 10.2. The molecule has 2 N–H and O–H groups in total. The lowest BCUT2D eigenvalue weighted by Crippen LogP contribution is -2.32. The SMILES string of the molecule is CCc1cnc2n1CCNC2C.Cc1cnc2n1CCNC2. The maximum Gasteiger partial charge on any atom is 0.125 e. The van der Waals surface area contributed by atoms with E-state index < -0.39 is 0 Å². The molecule has 0 amide bonds. The molecule has 1 atom stereocenters. The number of imidazole rings is 2. The summed E-state index contributed by atoms with van der Waals surface area (Å²) in [5.41, 5.74) is 2.63. The second-order valence-electron chi connectivity index (χ2n) is 5.93. The van der Waals surface area contributed by atoms with Gasteiger partial charge in [-0.25, -0.2) is 9.97 Å². The fourth-order valence-electron chi connectivity index (χ4n) is 3.15. The summed E-state index contributed by atoms with van der Waals surface area (Å²) < 4.78 is 4.59. The Balaban J connectivity index is 0.000000133. The van der Waals surface area contributed by atoms with Gasteiger partial charge in [0.2, 0.25) is 0 Å². The van der Waals surface area contributed by atoms with Crippen LogP contribution in [0.1, 0.15) is 42.9 Å². The van der Waals surface area contributed by atoms with Gasteiger partial charge in [0.05, 0.1) is 12.6 Å². The zero-order valence-corrected chi connectivity index (χ0v) is 13.8. The molecule has 1 unspecified atom stereocenters. The van der Waals surface area contributed by atoms with Crippen LogP contribution in [0, 0.1) is 6.92 Å². The van der Waals surface area contributed by atoms with Crippen molar-refractivity contribution in [1.29, 1.82) is 0 Å². The summed E-state index contributed by atoms with van der Waals surface area (Å²) in [6.07, 6.45) is 5.01. The maximum absolute atomic E-state index is 4.41. The first-order valence-electron chi connectivity index (χ1n) is 8.20. The minimum atomic E-state index is 0.416. The lowest BCUT2D eigenvalue weighted by Gasteiger charge is -2.22. The van der Waals surface area contributed by atoms with Gasteiger partial charge in [0.15, 0.2) is 0 Å². The lowest BCUT2D eigenvalue weighted by molar-refractivity contribution is 0.430. The van der Waals surface area contributed by atoms with Crippen LogP contribution in [0.15, 0.2) is 12.4 Å². The molecule has 6 heteroatoms. The van der Waals surface area contributed by atoms with Gasteiger partial charge in [-0.1, -0.05) is 6.92 Å². The van der Waals surface area contributed by atoms with Crippen molar-refractivity contribution in [2.45, 2.75) is 52.9 Å². The summed E-state index contributed by atoms with van der Waals surface area (Å²) in [6.45, 7) is 11.6. The number of aryl methyl sites for hydroxylation is 2. The largest absolute Gasteiger partial charge is 0.330 e. The molecule has 6 nitrogen and oxygen atoms in total. The van der Waals surface area contributed by atoms with Gasteiger partial charge in [-0.05, 0) is 20.3 Å². The normalized spacial score (nSPS) is 19.9. The average molecular weight is 302 g/mol. The predicted octanol–water partition coefficient (Wildman–Crippen LogP) is 1.40. The van der Waals surface area contributed by atoms with Crippen LogP contribution in [0.5, 0.6) is 0 Å². The van der Waals surface area contributed by atoms with Crippen LogP contribution >= 0.6 is 0 Å². The molecule has 2 aliphatic heterocycles. The Morgan fingerprint density at radius 2 is 2.00 bits per heavy atom. The van der Waals surface area contributed by atoms with E-state index in [2.05, 4.69) is 50.5 Å². The molecular weight excluding hydrogens is 276 g/mol. The van der Waals surface area contributed by atoms with Crippen LogP contribution in [-0.4, -0.2) is 32.2 Å². The molecule has 2 aromatic rings. The van der Waals surface area contributed by atoms with Crippen molar-refractivity contribution in [2.24, 2.45) is 0 Å². The van der Waals surface area contributed by atoms with Crippen LogP contribution in [0.2, 0.25) is 0 Å². The Morgan fingerprint density at radius 3 is 2.77 bits per heavy atom. The molecule has 4 rings (SSSR count). The van der Waals surface area contributed by atoms with E-state index in [1.807, 2.05) is 12.4 Å². The number of hydrogen-bond donors (Lipinski definition) is 2. The summed E-state index contributed by atoms with van der Waals surface area (Å²) in [6, 6.07) is 0.416. The van der Waals surface area contributed by atoms with Crippen LogP contribution < -0.4 is 10.6 Å². The van der Waals surface area contributed by atoms with E-state index in [9.17, 15) is 0 Å². The van der Waals surface area contributed by atoms with Crippen molar-refractivity contribution in [3.05, 3.63) is 35.4 Å². The van der Waals surface area contributed by atoms with E-state index in [1.54, 1.807) is 0 Å². The van der Waals surface area contributed by atoms with Crippen molar-refractivity contribution < 1.29 is 0 Å². The Labute approximate surface area is 132 Å². The molecule has 0 saturated carbocycles. The fourth-order valence-corrected chi connectivity index (χ4v) is 3.15. The van der Waals surface area contributed by atoms with Crippen molar-refractivity contribution in [3.63, 3.8) is 0 Å². The highest BCUT2D eigenvalue weighted by atomic mass is 15.2. The van der Waals surface area contributed by atoms with Crippen LogP contribution in [0.25, 0.3) is 0 Å². The molecule has 2 aliphatic rings. The highest BCUT2D eigenvalue weighted by molar-refractivity contribution is 5.10. The van der Waals surface area contributed by atoms with Crippen LogP contribution in [-0.2, 0) is 26.1 Å². The molecule has 120 valence electrons. The van der Waals surface area contributed by atoms with Crippen molar-refractivity contribution in [1.82, 2.24) is 29.7 Å². The number of hydrogen-bond acceptors (Lipinski definition) is 4. The number of aromatic nitrogens is 4. The molecular formula is C16H26N6. The fraction of sp³-hybridized carbons (Fsp3) is 0.625. The minimum Gasteiger partial charge on any atom is -0.330 e. The molecule has 0 radical (unpaired) electrons. The average Bonchev–Trinajstić information content (AvgIpc) is 3.13. The van der Waals surface area contributed by atoms with Crippen LogP contribution in [0.3, 0.4) is 0 Å². The number of fused-ring (bicyclic) bond motifs is 2. The van der Waals surface area contributed by atoms with Crippen molar-refractivity contribution in [2.75, 3.05) is 13.1 Å². The molecule has 0 aliphatic carbocycles. The van der Waals surface area contributed by atoms with Gasteiger partial charge in [0, 0.05) is 50.0 Å². The molecule has 0 bridgehead atoms. The Kier molecular flexibility index (Phi) is 4.59. The Bertz CT molecular complexity index is 627. The zero-order valence-electron chi connectivity index (χ0n) is 13.8. The second kappa shape index (κ2) is 6.62. The van der Waals surface area contributed by atoms with Gasteiger partial charge in [-0.15, -0.1) is 0 Å². The second-order valence-corrected chi connectivity index (χ2v) is 5.93. The van der Waals surface area contributed by atoms with E-state index >= 15 is 0 Å². The summed E-state index contributed by atoms with van der Waals surface area (Å²) in [5, 5.41) is 6.66. The minimum absolute atomic E-state index is 0.416. The van der Waals surface area contributed by atoms with Gasteiger partial charge < -0.3 is 19.8 Å². The van der Waals surface area contributed by atoms with Gasteiger partial charge in [-0.2, -0.15) is 0 Å². The third-order valence-electron chi connectivity index (χ3n) is 4.44. The monoisotopic (exact) mass is 302 g/mol. The molecule has 2 aromatic heterocycles. The first-order chi connectivity index (χ1) is 10.7. The summed E-state index contributed by atoms with van der Waals surface area (Å²) in [7, 11) is 0. The van der Waals surface area contributed by atoms with Gasteiger partial charge in [0.25, 0.3) is 0 Å². The smallest absolute Gasteiger partial charge is 0.125 e. The van der Waals surface area contributed by atoms with E-state index in [-0.39, 0.29) is 0 Å². The summed E-state index contributed by atoms with van der Waals surface area (Å²) in [4.78, 5) is 8.67. The quantitative estimate of drug-likeness (QED) is 0.836. The van der Waals surface area contributed by atoms with Crippen LogP contribution in [0.4, 0.5) is 0 Å².